The normalized spacial score (nSPS) is 12.8. The number of aliphatic carboxylic acids is 1. The molecule has 0 spiro atoms. The highest BCUT2D eigenvalue weighted by Crippen LogP contribution is 2.11. The first kappa shape index (κ1) is 22.2. The average Bonchev–Trinajstić information content (AvgIpc) is 2.52. The molecular formula is C20H38O3. The van der Waals surface area contributed by atoms with Gasteiger partial charge in [0.1, 0.15) is 0 Å². The van der Waals surface area contributed by atoms with Crippen LogP contribution in [-0.4, -0.2) is 22.3 Å². The summed E-state index contributed by atoms with van der Waals surface area (Å²) in [6.07, 6.45) is 20.2. The highest BCUT2D eigenvalue weighted by molar-refractivity contribution is 5.66. The largest absolute Gasteiger partial charge is 0.481 e. The molecule has 0 aliphatic heterocycles. The van der Waals surface area contributed by atoms with Gasteiger partial charge in [0.2, 0.25) is 0 Å². The van der Waals surface area contributed by atoms with Crippen molar-refractivity contribution in [1.82, 2.24) is 0 Å². The molecule has 0 bridgehead atoms. The minimum absolute atomic E-state index is 0.158. The minimum atomic E-state index is -0.678. The second kappa shape index (κ2) is 17.5. The molecule has 0 saturated heterocycles. The number of hydrogen-bond acceptors (Lipinski definition) is 2. The fourth-order valence-corrected chi connectivity index (χ4v) is 2.72. The lowest BCUT2D eigenvalue weighted by Gasteiger charge is -2.07. The zero-order valence-electron chi connectivity index (χ0n) is 15.1. The first-order valence-electron chi connectivity index (χ1n) is 9.71. The van der Waals surface area contributed by atoms with Gasteiger partial charge in [-0.25, -0.2) is 0 Å². The highest BCUT2D eigenvalue weighted by Gasteiger charge is 2.00. The van der Waals surface area contributed by atoms with E-state index >= 15 is 0 Å². The van der Waals surface area contributed by atoms with Gasteiger partial charge in [-0.05, 0) is 32.1 Å². The number of aliphatic hydroxyl groups is 1. The molecule has 0 unspecified atom stereocenters. The molecule has 0 radical (unpaired) electrons. The van der Waals surface area contributed by atoms with Gasteiger partial charge >= 0.3 is 5.97 Å². The maximum absolute atomic E-state index is 10.4. The molecule has 0 aromatic rings. The summed E-state index contributed by atoms with van der Waals surface area (Å²) in [5, 5.41) is 18.4. The summed E-state index contributed by atoms with van der Waals surface area (Å²) in [7, 11) is 0. The van der Waals surface area contributed by atoms with Gasteiger partial charge in [-0.3, -0.25) is 4.79 Å². The summed E-state index contributed by atoms with van der Waals surface area (Å²) in [6, 6.07) is 0. The lowest BCUT2D eigenvalue weighted by molar-refractivity contribution is -0.137. The van der Waals surface area contributed by atoms with Crippen LogP contribution in [0.4, 0.5) is 0 Å². The zero-order valence-corrected chi connectivity index (χ0v) is 15.1. The Morgan fingerprint density at radius 1 is 0.870 bits per heavy atom. The zero-order chi connectivity index (χ0) is 17.2. The van der Waals surface area contributed by atoms with Crippen LogP contribution in [0.15, 0.2) is 12.2 Å². The summed E-state index contributed by atoms with van der Waals surface area (Å²) in [4.78, 5) is 10.4. The lowest BCUT2D eigenvalue weighted by Crippen LogP contribution is -2.04. The summed E-state index contributed by atoms with van der Waals surface area (Å²) in [5.74, 6) is -0.678. The van der Waals surface area contributed by atoms with E-state index in [1.54, 1.807) is 0 Å². The maximum atomic E-state index is 10.4. The molecular weight excluding hydrogens is 288 g/mol. The number of unbranched alkanes of at least 4 members (excludes halogenated alkanes) is 10. The second-order valence-electron chi connectivity index (χ2n) is 6.62. The number of carboxylic acid groups (broad SMARTS) is 1. The molecule has 0 aliphatic rings. The maximum Gasteiger partial charge on any atom is 0.303 e. The van der Waals surface area contributed by atoms with Crippen LogP contribution in [0.1, 0.15) is 103 Å². The summed E-state index contributed by atoms with van der Waals surface area (Å²) in [6.45, 7) is 2.21. The number of carbonyl (C=O) groups is 1. The Kier molecular flexibility index (Phi) is 16.9. The molecule has 0 aromatic heterocycles. The summed E-state index contributed by atoms with van der Waals surface area (Å²) < 4.78 is 0. The number of carboxylic acids is 1. The molecule has 0 aliphatic carbocycles. The van der Waals surface area contributed by atoms with E-state index in [-0.39, 0.29) is 6.10 Å². The van der Waals surface area contributed by atoms with Crippen LogP contribution in [0.2, 0.25) is 0 Å². The van der Waals surface area contributed by atoms with Crippen molar-refractivity contribution < 1.29 is 15.0 Å². The van der Waals surface area contributed by atoms with Crippen molar-refractivity contribution in [1.29, 1.82) is 0 Å². The third-order valence-electron chi connectivity index (χ3n) is 4.23. The fourth-order valence-electron chi connectivity index (χ4n) is 2.72. The molecule has 0 aromatic carbocycles. The van der Waals surface area contributed by atoms with E-state index in [1.807, 2.05) is 0 Å². The van der Waals surface area contributed by atoms with Gasteiger partial charge in [-0.1, -0.05) is 76.9 Å². The standard InChI is InChI=1S/C20H38O3/c1-2-3-4-13-16-19(21)17-14-11-9-7-5-6-8-10-12-15-18-20(22)23/h11,14,19,21H,2-10,12-13,15-18H2,1H3,(H,22,23)/t19-/m1/s1. The molecule has 1 atom stereocenters. The van der Waals surface area contributed by atoms with E-state index in [1.165, 1.54) is 44.9 Å². The fraction of sp³-hybridized carbons (Fsp3) is 0.850. The minimum Gasteiger partial charge on any atom is -0.481 e. The number of aliphatic hydroxyl groups excluding tert-OH is 1. The molecule has 136 valence electrons. The molecule has 3 heteroatoms. The van der Waals surface area contributed by atoms with E-state index in [0.717, 1.165) is 44.9 Å². The SMILES string of the molecule is CCCCCC[C@@H](O)CC=CCCCCCCCCCC(=O)O. The van der Waals surface area contributed by atoms with Crippen LogP contribution in [-0.2, 0) is 4.79 Å². The Morgan fingerprint density at radius 2 is 1.48 bits per heavy atom. The Labute approximate surface area is 143 Å². The van der Waals surface area contributed by atoms with Crippen LogP contribution >= 0.6 is 0 Å². The molecule has 0 saturated carbocycles. The number of allylic oxidation sites excluding steroid dienone is 1. The van der Waals surface area contributed by atoms with Gasteiger partial charge < -0.3 is 10.2 Å². The molecule has 0 amide bonds. The van der Waals surface area contributed by atoms with Gasteiger partial charge in [0, 0.05) is 6.42 Å². The van der Waals surface area contributed by atoms with Crippen LogP contribution in [0.3, 0.4) is 0 Å². The van der Waals surface area contributed by atoms with Crippen molar-refractivity contribution in [3.05, 3.63) is 12.2 Å². The average molecular weight is 327 g/mol. The monoisotopic (exact) mass is 326 g/mol. The summed E-state index contributed by atoms with van der Waals surface area (Å²) >= 11 is 0. The predicted octanol–water partition coefficient (Wildman–Crippen LogP) is 5.86. The molecule has 0 heterocycles. The van der Waals surface area contributed by atoms with Crippen LogP contribution in [0.25, 0.3) is 0 Å². The van der Waals surface area contributed by atoms with Crippen molar-refractivity contribution in [2.75, 3.05) is 0 Å². The van der Waals surface area contributed by atoms with Gasteiger partial charge in [0.15, 0.2) is 0 Å². The van der Waals surface area contributed by atoms with Gasteiger partial charge in [-0.15, -0.1) is 0 Å². The van der Waals surface area contributed by atoms with E-state index < -0.39 is 5.97 Å². The van der Waals surface area contributed by atoms with Crippen LogP contribution < -0.4 is 0 Å². The third kappa shape index (κ3) is 19.1. The molecule has 2 N–H and O–H groups in total. The Hall–Kier alpha value is -0.830. The first-order valence-corrected chi connectivity index (χ1v) is 9.71. The smallest absolute Gasteiger partial charge is 0.303 e. The Balaban J connectivity index is 3.23. The number of rotatable bonds is 17. The van der Waals surface area contributed by atoms with Gasteiger partial charge in [0.05, 0.1) is 6.10 Å². The van der Waals surface area contributed by atoms with E-state index in [9.17, 15) is 9.90 Å². The Morgan fingerprint density at radius 3 is 2.13 bits per heavy atom. The quantitative estimate of drug-likeness (QED) is 0.260. The highest BCUT2D eigenvalue weighted by atomic mass is 16.4. The van der Waals surface area contributed by atoms with Crippen molar-refractivity contribution in [3.8, 4) is 0 Å². The molecule has 0 fully saturated rings. The van der Waals surface area contributed by atoms with E-state index in [0.29, 0.717) is 6.42 Å². The van der Waals surface area contributed by atoms with Crippen molar-refractivity contribution in [3.63, 3.8) is 0 Å². The van der Waals surface area contributed by atoms with E-state index in [2.05, 4.69) is 19.1 Å². The lowest BCUT2D eigenvalue weighted by atomic mass is 10.1. The topological polar surface area (TPSA) is 57.5 Å². The van der Waals surface area contributed by atoms with Crippen molar-refractivity contribution >= 4 is 5.97 Å². The van der Waals surface area contributed by atoms with E-state index in [4.69, 9.17) is 5.11 Å². The molecule has 3 nitrogen and oxygen atoms in total. The third-order valence-corrected chi connectivity index (χ3v) is 4.23. The molecule has 23 heavy (non-hydrogen) atoms. The van der Waals surface area contributed by atoms with Crippen molar-refractivity contribution in [2.45, 2.75) is 109 Å². The van der Waals surface area contributed by atoms with Gasteiger partial charge in [-0.2, -0.15) is 0 Å². The summed E-state index contributed by atoms with van der Waals surface area (Å²) in [5.41, 5.74) is 0. The van der Waals surface area contributed by atoms with Crippen LogP contribution in [0, 0.1) is 0 Å². The Bertz CT molecular complexity index is 287. The molecule has 0 rings (SSSR count). The number of hydrogen-bond donors (Lipinski definition) is 2. The first-order chi connectivity index (χ1) is 11.2. The predicted molar refractivity (Wildman–Crippen MR) is 97.7 cm³/mol. The van der Waals surface area contributed by atoms with Gasteiger partial charge in [0.25, 0.3) is 0 Å². The van der Waals surface area contributed by atoms with Crippen molar-refractivity contribution in [2.24, 2.45) is 0 Å². The second-order valence-corrected chi connectivity index (χ2v) is 6.62. The van der Waals surface area contributed by atoms with Crippen LogP contribution in [0.5, 0.6) is 0 Å².